The summed E-state index contributed by atoms with van der Waals surface area (Å²) in [5.41, 5.74) is 3.11. The number of amides is 1. The van der Waals surface area contributed by atoms with Crippen LogP contribution in [0.15, 0.2) is 42.7 Å². The number of anilines is 1. The third-order valence-corrected chi connectivity index (χ3v) is 7.38. The highest BCUT2D eigenvalue weighted by molar-refractivity contribution is 5.91. The van der Waals surface area contributed by atoms with Crippen molar-refractivity contribution in [3.05, 3.63) is 53.9 Å². The first kappa shape index (κ1) is 35.4. The minimum atomic E-state index is -0.0796. The summed E-state index contributed by atoms with van der Waals surface area (Å²) in [5.74, 6) is 0.985. The summed E-state index contributed by atoms with van der Waals surface area (Å²) in [6.07, 6.45) is 20.3. The normalized spacial score (nSPS) is 11.2. The summed E-state index contributed by atoms with van der Waals surface area (Å²) in [6, 6.07) is 10.4. The van der Waals surface area contributed by atoms with Gasteiger partial charge in [-0.3, -0.25) is 4.79 Å². The number of benzene rings is 1. The van der Waals surface area contributed by atoms with Crippen LogP contribution in [0.5, 0.6) is 5.75 Å². The maximum atomic E-state index is 12.6. The van der Waals surface area contributed by atoms with E-state index in [9.17, 15) is 4.79 Å². The van der Waals surface area contributed by atoms with Crippen molar-refractivity contribution in [3.8, 4) is 5.75 Å². The molecule has 0 N–H and O–H groups in total. The van der Waals surface area contributed by atoms with E-state index in [0.717, 1.165) is 42.1 Å². The van der Waals surface area contributed by atoms with E-state index in [2.05, 4.69) is 75.8 Å². The molecule has 0 atom stereocenters. The first-order valence-corrected chi connectivity index (χ1v) is 15.3. The van der Waals surface area contributed by atoms with Crippen molar-refractivity contribution >= 4 is 11.6 Å². The Hall–Kier alpha value is -1.63. The molecule has 2 rings (SSSR count). The van der Waals surface area contributed by atoms with Crippen LogP contribution in [-0.2, 0) is 23.3 Å². The molecule has 1 heterocycles. The lowest BCUT2D eigenvalue weighted by atomic mass is 9.86. The Labute approximate surface area is 256 Å². The summed E-state index contributed by atoms with van der Waals surface area (Å²) in [5, 5.41) is 0. The Morgan fingerprint density at radius 2 is 1.36 bits per heavy atom. The van der Waals surface area contributed by atoms with Gasteiger partial charge in [0.1, 0.15) is 12.3 Å². The number of ether oxygens (including phenoxy) is 1. The molecule has 4 nitrogen and oxygen atoms in total. The van der Waals surface area contributed by atoms with Gasteiger partial charge in [-0.2, -0.15) is 0 Å². The molecule has 39 heavy (non-hydrogen) atoms. The van der Waals surface area contributed by atoms with E-state index in [0.29, 0.717) is 6.54 Å². The fourth-order valence-corrected chi connectivity index (χ4v) is 4.89. The Bertz CT molecular complexity index is 937. The van der Waals surface area contributed by atoms with Crippen LogP contribution in [0.3, 0.4) is 0 Å². The van der Waals surface area contributed by atoms with Crippen molar-refractivity contribution in [1.29, 1.82) is 0 Å². The molecule has 2 aromatic rings. The molecular formula is C34H55IN2O2. The smallest absolute Gasteiger partial charge is 0.224 e. The first-order chi connectivity index (χ1) is 18.3. The molecular weight excluding hydrogens is 595 g/mol. The van der Waals surface area contributed by atoms with Gasteiger partial charge < -0.3 is 33.6 Å². The zero-order valence-electron chi connectivity index (χ0n) is 25.7. The van der Waals surface area contributed by atoms with Gasteiger partial charge in [0.2, 0.25) is 5.91 Å². The zero-order chi connectivity index (χ0) is 27.8. The molecule has 0 saturated carbocycles. The van der Waals surface area contributed by atoms with Gasteiger partial charge in [-0.05, 0) is 42.5 Å². The second-order valence-corrected chi connectivity index (χ2v) is 11.8. The molecule has 0 radical (unpaired) electrons. The van der Waals surface area contributed by atoms with Gasteiger partial charge in [0.25, 0.3) is 0 Å². The van der Waals surface area contributed by atoms with Crippen LogP contribution in [0, 0.1) is 0 Å². The summed E-state index contributed by atoms with van der Waals surface area (Å²) in [6.45, 7) is 14.9. The molecule has 1 aromatic carbocycles. The largest absolute Gasteiger partial charge is 1.00 e. The fourth-order valence-electron chi connectivity index (χ4n) is 4.89. The average molecular weight is 651 g/mol. The van der Waals surface area contributed by atoms with E-state index in [-0.39, 0.29) is 35.3 Å². The lowest BCUT2D eigenvalue weighted by molar-refractivity contribution is -0.693. The van der Waals surface area contributed by atoms with Crippen molar-refractivity contribution in [2.45, 2.75) is 137 Å². The number of carbonyl (C=O) groups is 1. The average Bonchev–Trinajstić information content (AvgIpc) is 2.89. The Morgan fingerprint density at radius 1 is 0.821 bits per heavy atom. The predicted octanol–water partition coefficient (Wildman–Crippen LogP) is 5.93. The first-order valence-electron chi connectivity index (χ1n) is 15.3. The zero-order valence-corrected chi connectivity index (χ0v) is 27.9. The number of rotatable bonds is 18. The molecule has 5 heteroatoms. The predicted molar refractivity (Wildman–Crippen MR) is 161 cm³/mol. The molecule has 0 saturated heterocycles. The molecule has 0 aliphatic heterocycles. The van der Waals surface area contributed by atoms with Crippen molar-refractivity contribution in [2.24, 2.45) is 0 Å². The molecule has 1 aromatic heterocycles. The van der Waals surface area contributed by atoms with E-state index in [1.165, 1.54) is 70.6 Å². The van der Waals surface area contributed by atoms with Gasteiger partial charge in [-0.1, -0.05) is 98.3 Å². The van der Waals surface area contributed by atoms with Crippen molar-refractivity contribution in [1.82, 2.24) is 0 Å². The number of pyridine rings is 1. The second kappa shape index (κ2) is 19.4. The molecule has 220 valence electrons. The Balaban J connectivity index is 0.00000760. The minimum Gasteiger partial charge on any atom is -1.00 e. The van der Waals surface area contributed by atoms with Gasteiger partial charge in [0.15, 0.2) is 12.4 Å². The third-order valence-electron chi connectivity index (χ3n) is 7.38. The Kier molecular flexibility index (Phi) is 17.7. The van der Waals surface area contributed by atoms with Gasteiger partial charge >= 0.3 is 0 Å². The van der Waals surface area contributed by atoms with E-state index < -0.39 is 0 Å². The minimum absolute atomic E-state index is 0. The highest BCUT2D eigenvalue weighted by Crippen LogP contribution is 2.35. The van der Waals surface area contributed by atoms with Crippen molar-refractivity contribution in [3.63, 3.8) is 0 Å². The highest BCUT2D eigenvalue weighted by Gasteiger charge is 2.22. The molecule has 0 fully saturated rings. The number of aromatic nitrogens is 1. The van der Waals surface area contributed by atoms with E-state index in [1.807, 2.05) is 11.0 Å². The maximum absolute atomic E-state index is 12.6. The van der Waals surface area contributed by atoms with Crippen LogP contribution in [0.25, 0.3) is 0 Å². The quantitative estimate of drug-likeness (QED) is 0.114. The van der Waals surface area contributed by atoms with Crippen molar-refractivity contribution in [2.75, 3.05) is 11.5 Å². The molecule has 0 aliphatic rings. The standard InChI is InChI=1S/C34H55N2O2.HI/c1-7-9-10-11-12-13-14-15-16-17-18-19-26-38-33-21-20-31(27-32(33)34(4,5)6)36(29(3)37)28-30-22-24-35(8-2)25-23-30;/h20-25,27H,7-19,26,28H2,1-6H3;1H/q+1;/p-1. The van der Waals surface area contributed by atoms with Crippen LogP contribution in [-0.4, -0.2) is 12.5 Å². The molecule has 0 spiro atoms. The van der Waals surface area contributed by atoms with Gasteiger partial charge in [-0.25, -0.2) is 4.57 Å². The van der Waals surface area contributed by atoms with Gasteiger partial charge in [-0.15, -0.1) is 0 Å². The van der Waals surface area contributed by atoms with Crippen LogP contribution in [0.2, 0.25) is 0 Å². The number of halogens is 1. The lowest BCUT2D eigenvalue weighted by Gasteiger charge is -2.27. The van der Waals surface area contributed by atoms with E-state index >= 15 is 0 Å². The van der Waals surface area contributed by atoms with Crippen LogP contribution >= 0.6 is 0 Å². The fraction of sp³-hybridized carbons (Fsp3) is 0.647. The van der Waals surface area contributed by atoms with Crippen LogP contribution in [0.4, 0.5) is 5.69 Å². The number of hydrogen-bond acceptors (Lipinski definition) is 2. The number of carbonyl (C=O) groups excluding carboxylic acids is 1. The lowest BCUT2D eigenvalue weighted by Crippen LogP contribution is -3.00. The van der Waals surface area contributed by atoms with Gasteiger partial charge in [0, 0.05) is 30.3 Å². The maximum Gasteiger partial charge on any atom is 0.224 e. The van der Waals surface area contributed by atoms with E-state index in [4.69, 9.17) is 4.74 Å². The van der Waals surface area contributed by atoms with E-state index in [1.54, 1.807) is 6.92 Å². The topological polar surface area (TPSA) is 33.4 Å². The summed E-state index contributed by atoms with van der Waals surface area (Å²) in [7, 11) is 0. The Morgan fingerprint density at radius 3 is 1.85 bits per heavy atom. The molecule has 0 bridgehead atoms. The molecule has 1 amide bonds. The van der Waals surface area contributed by atoms with Crippen LogP contribution < -0.4 is 38.2 Å². The number of aryl methyl sites for hydroxylation is 1. The second-order valence-electron chi connectivity index (χ2n) is 11.8. The SMILES string of the molecule is CCCCCCCCCCCCCCOc1ccc(N(Cc2cc[n+](CC)cc2)C(C)=O)cc1C(C)(C)C.[I-]. The number of unbranched alkanes of at least 4 members (excludes halogenated alkanes) is 11. The van der Waals surface area contributed by atoms with Gasteiger partial charge in [0.05, 0.1) is 13.2 Å². The monoisotopic (exact) mass is 650 g/mol. The summed E-state index contributed by atoms with van der Waals surface area (Å²) in [4.78, 5) is 14.5. The van der Waals surface area contributed by atoms with Crippen LogP contribution in [0.1, 0.15) is 130 Å². The van der Waals surface area contributed by atoms with Crippen molar-refractivity contribution < 1.29 is 38.1 Å². The number of hydrogen-bond donors (Lipinski definition) is 0. The number of nitrogens with zero attached hydrogens (tertiary/aromatic N) is 2. The highest BCUT2D eigenvalue weighted by atomic mass is 127. The molecule has 0 aliphatic carbocycles. The third kappa shape index (κ3) is 13.5. The summed E-state index contributed by atoms with van der Waals surface area (Å²) < 4.78 is 8.42. The summed E-state index contributed by atoms with van der Waals surface area (Å²) >= 11 is 0. The molecule has 0 unspecified atom stereocenters.